The Hall–Kier alpha value is -2.57. The van der Waals surface area contributed by atoms with E-state index in [2.05, 4.69) is 5.32 Å². The zero-order chi connectivity index (χ0) is 17.4. The molecule has 7 heteroatoms. The van der Waals surface area contributed by atoms with Gasteiger partial charge in [-0.05, 0) is 37.1 Å². The Morgan fingerprint density at radius 3 is 2.22 bits per heavy atom. The molecule has 1 rings (SSSR count). The Morgan fingerprint density at radius 2 is 1.70 bits per heavy atom. The second kappa shape index (κ2) is 8.77. The zero-order valence-electron chi connectivity index (χ0n) is 13.7. The normalized spacial score (nSPS) is 11.5. The quantitative estimate of drug-likeness (QED) is 0.778. The summed E-state index contributed by atoms with van der Waals surface area (Å²) in [5.74, 6) is -0.297. The highest BCUT2D eigenvalue weighted by Gasteiger charge is 2.20. The van der Waals surface area contributed by atoms with Crippen LogP contribution >= 0.6 is 0 Å². The molecule has 23 heavy (non-hydrogen) atoms. The maximum absolute atomic E-state index is 11.9. The molecule has 2 N–H and O–H groups in total. The van der Waals surface area contributed by atoms with Crippen molar-refractivity contribution >= 4 is 17.9 Å². The SMILES string of the molecule is CNC(=O)NC(=O)[C@H](C)OC(=O)c1ccc(OCC(C)C)cc1. The van der Waals surface area contributed by atoms with Gasteiger partial charge >= 0.3 is 12.0 Å². The smallest absolute Gasteiger partial charge is 0.338 e. The summed E-state index contributed by atoms with van der Waals surface area (Å²) in [6.07, 6.45) is -1.09. The number of imide groups is 1. The van der Waals surface area contributed by atoms with Gasteiger partial charge in [-0.25, -0.2) is 9.59 Å². The highest BCUT2D eigenvalue weighted by molar-refractivity contribution is 5.98. The van der Waals surface area contributed by atoms with Crippen LogP contribution in [0.25, 0.3) is 0 Å². The molecular formula is C16H22N2O5. The monoisotopic (exact) mass is 322 g/mol. The number of carbonyl (C=O) groups is 3. The number of rotatable bonds is 6. The van der Waals surface area contributed by atoms with E-state index in [1.165, 1.54) is 14.0 Å². The van der Waals surface area contributed by atoms with E-state index in [-0.39, 0.29) is 0 Å². The van der Waals surface area contributed by atoms with Gasteiger partial charge in [0.1, 0.15) is 5.75 Å². The topological polar surface area (TPSA) is 93.7 Å². The summed E-state index contributed by atoms with van der Waals surface area (Å²) < 4.78 is 10.5. The van der Waals surface area contributed by atoms with Crippen LogP contribution < -0.4 is 15.4 Å². The van der Waals surface area contributed by atoms with Gasteiger partial charge in [0.25, 0.3) is 5.91 Å². The maximum atomic E-state index is 11.9. The minimum Gasteiger partial charge on any atom is -0.493 e. The van der Waals surface area contributed by atoms with Crippen LogP contribution in [0.2, 0.25) is 0 Å². The second-order valence-electron chi connectivity index (χ2n) is 5.35. The van der Waals surface area contributed by atoms with Crippen LogP contribution in [0.3, 0.4) is 0 Å². The highest BCUT2D eigenvalue weighted by atomic mass is 16.5. The van der Waals surface area contributed by atoms with Gasteiger partial charge in [0.05, 0.1) is 12.2 Å². The average Bonchev–Trinajstić information content (AvgIpc) is 2.52. The first-order valence-corrected chi connectivity index (χ1v) is 7.30. The van der Waals surface area contributed by atoms with E-state index >= 15 is 0 Å². The Balaban J connectivity index is 2.57. The van der Waals surface area contributed by atoms with Crippen molar-refractivity contribution in [2.75, 3.05) is 13.7 Å². The number of nitrogens with one attached hydrogen (secondary N) is 2. The fourth-order valence-electron chi connectivity index (χ4n) is 1.51. The van der Waals surface area contributed by atoms with Gasteiger partial charge in [-0.3, -0.25) is 10.1 Å². The molecule has 0 heterocycles. The van der Waals surface area contributed by atoms with Crippen molar-refractivity contribution in [3.05, 3.63) is 29.8 Å². The van der Waals surface area contributed by atoms with E-state index in [0.717, 1.165) is 0 Å². The fourth-order valence-corrected chi connectivity index (χ4v) is 1.51. The molecule has 0 bridgehead atoms. The lowest BCUT2D eigenvalue weighted by Gasteiger charge is -2.13. The zero-order valence-corrected chi connectivity index (χ0v) is 13.7. The first-order valence-electron chi connectivity index (χ1n) is 7.30. The number of urea groups is 1. The van der Waals surface area contributed by atoms with Crippen molar-refractivity contribution in [1.29, 1.82) is 0 Å². The first kappa shape index (κ1) is 18.5. The van der Waals surface area contributed by atoms with Crippen molar-refractivity contribution in [3.63, 3.8) is 0 Å². The van der Waals surface area contributed by atoms with E-state index in [9.17, 15) is 14.4 Å². The predicted octanol–water partition coefficient (Wildman–Crippen LogP) is 1.72. The molecule has 0 saturated heterocycles. The lowest BCUT2D eigenvalue weighted by atomic mass is 10.2. The molecule has 0 aliphatic heterocycles. The summed E-state index contributed by atoms with van der Waals surface area (Å²) in [6, 6.07) is 5.77. The third kappa shape index (κ3) is 6.37. The van der Waals surface area contributed by atoms with Gasteiger partial charge in [0, 0.05) is 7.05 Å². The second-order valence-corrected chi connectivity index (χ2v) is 5.35. The van der Waals surface area contributed by atoms with Crippen LogP contribution in [-0.2, 0) is 9.53 Å². The maximum Gasteiger partial charge on any atom is 0.338 e. The van der Waals surface area contributed by atoms with E-state index in [1.54, 1.807) is 24.3 Å². The van der Waals surface area contributed by atoms with Gasteiger partial charge in [0.15, 0.2) is 6.10 Å². The molecule has 0 aliphatic carbocycles. The molecule has 7 nitrogen and oxygen atoms in total. The van der Waals surface area contributed by atoms with E-state index in [4.69, 9.17) is 9.47 Å². The molecule has 0 unspecified atom stereocenters. The molecule has 3 amide bonds. The van der Waals surface area contributed by atoms with Gasteiger partial charge in [0.2, 0.25) is 0 Å². The molecule has 1 aromatic carbocycles. The van der Waals surface area contributed by atoms with Crippen LogP contribution in [0.1, 0.15) is 31.1 Å². The number of ether oxygens (including phenoxy) is 2. The van der Waals surface area contributed by atoms with Crippen molar-refractivity contribution in [3.8, 4) is 5.75 Å². The van der Waals surface area contributed by atoms with Crippen LogP contribution in [-0.4, -0.2) is 37.7 Å². The molecule has 126 valence electrons. The summed E-state index contributed by atoms with van der Waals surface area (Å²) in [5, 5.41) is 4.27. The molecule has 0 radical (unpaired) electrons. The number of amides is 3. The molecule has 0 aromatic heterocycles. The summed E-state index contributed by atoms with van der Waals surface area (Å²) in [5.41, 5.74) is 0.293. The lowest BCUT2D eigenvalue weighted by Crippen LogP contribution is -2.43. The number of benzene rings is 1. The van der Waals surface area contributed by atoms with Crippen molar-refractivity contribution in [2.45, 2.75) is 26.9 Å². The van der Waals surface area contributed by atoms with Gasteiger partial charge in [-0.15, -0.1) is 0 Å². The van der Waals surface area contributed by atoms with Crippen molar-refractivity contribution < 1.29 is 23.9 Å². The van der Waals surface area contributed by atoms with E-state index in [0.29, 0.717) is 23.8 Å². The molecule has 1 atom stereocenters. The molecule has 1 aromatic rings. The van der Waals surface area contributed by atoms with Crippen molar-refractivity contribution in [2.24, 2.45) is 5.92 Å². The van der Waals surface area contributed by atoms with Crippen LogP contribution in [0.15, 0.2) is 24.3 Å². The minimum atomic E-state index is -1.09. The average molecular weight is 322 g/mol. The van der Waals surface area contributed by atoms with Crippen molar-refractivity contribution in [1.82, 2.24) is 10.6 Å². The Morgan fingerprint density at radius 1 is 1.09 bits per heavy atom. The first-order chi connectivity index (χ1) is 10.8. The summed E-state index contributed by atoms with van der Waals surface area (Å²) in [7, 11) is 1.38. The third-order valence-corrected chi connectivity index (χ3v) is 2.79. The molecule has 0 saturated carbocycles. The van der Waals surface area contributed by atoms with Crippen LogP contribution in [0.4, 0.5) is 4.79 Å². The van der Waals surface area contributed by atoms with E-state index in [1.807, 2.05) is 19.2 Å². The van der Waals surface area contributed by atoms with Gasteiger partial charge in [-0.2, -0.15) is 0 Å². The van der Waals surface area contributed by atoms with Crippen LogP contribution in [0, 0.1) is 5.92 Å². The molecule has 0 fully saturated rings. The molecule has 0 aliphatic rings. The number of hydrogen-bond donors (Lipinski definition) is 2. The van der Waals surface area contributed by atoms with Crippen LogP contribution in [0.5, 0.6) is 5.75 Å². The lowest BCUT2D eigenvalue weighted by molar-refractivity contribution is -0.127. The standard InChI is InChI=1S/C16H22N2O5/c1-10(2)9-22-13-7-5-12(6-8-13)15(20)23-11(3)14(19)18-16(21)17-4/h5-8,10-11H,9H2,1-4H3,(H2,17,18,19,21)/t11-/m0/s1. The predicted molar refractivity (Wildman–Crippen MR) is 84.3 cm³/mol. The van der Waals surface area contributed by atoms with Gasteiger partial charge < -0.3 is 14.8 Å². The van der Waals surface area contributed by atoms with Gasteiger partial charge in [-0.1, -0.05) is 13.8 Å². The fraction of sp³-hybridized carbons (Fsp3) is 0.438. The largest absolute Gasteiger partial charge is 0.493 e. The Labute approximate surface area is 135 Å². The summed E-state index contributed by atoms with van der Waals surface area (Å²) in [6.45, 7) is 6.05. The summed E-state index contributed by atoms with van der Waals surface area (Å²) >= 11 is 0. The Bertz CT molecular complexity index is 554. The summed E-state index contributed by atoms with van der Waals surface area (Å²) in [4.78, 5) is 34.6. The third-order valence-electron chi connectivity index (χ3n) is 2.79. The molecule has 0 spiro atoms. The molecular weight excluding hydrogens is 300 g/mol. The highest BCUT2D eigenvalue weighted by Crippen LogP contribution is 2.14. The number of hydrogen-bond acceptors (Lipinski definition) is 5. The minimum absolute atomic E-state index is 0.293. The van der Waals surface area contributed by atoms with E-state index < -0.39 is 24.0 Å². The number of esters is 1. The number of carbonyl (C=O) groups excluding carboxylic acids is 3. The Kier molecular flexibility index (Phi) is 7.05.